The van der Waals surface area contributed by atoms with Crippen LogP contribution < -0.4 is 5.32 Å². The van der Waals surface area contributed by atoms with Gasteiger partial charge in [-0.05, 0) is 17.9 Å². The van der Waals surface area contributed by atoms with E-state index < -0.39 is 0 Å². The molecule has 0 fully saturated rings. The Bertz CT molecular complexity index is 407. The van der Waals surface area contributed by atoms with Crippen molar-refractivity contribution in [3.8, 4) is 10.6 Å². The fourth-order valence-electron chi connectivity index (χ4n) is 1.72. The van der Waals surface area contributed by atoms with Crippen LogP contribution in [0.4, 0.5) is 5.95 Å². The zero-order valence-electron chi connectivity index (χ0n) is 7.73. The summed E-state index contributed by atoms with van der Waals surface area (Å²) >= 11 is 1.74. The van der Waals surface area contributed by atoms with Gasteiger partial charge in [0, 0.05) is 19.3 Å². The van der Waals surface area contributed by atoms with Crippen molar-refractivity contribution in [2.75, 3.05) is 11.9 Å². The minimum atomic E-state index is 1.01. The predicted octanol–water partition coefficient (Wildman–Crippen LogP) is 2.43. The van der Waals surface area contributed by atoms with Crippen LogP contribution in [0.3, 0.4) is 0 Å². The van der Waals surface area contributed by atoms with Gasteiger partial charge in [0.15, 0.2) is 0 Å². The van der Waals surface area contributed by atoms with E-state index in [0.717, 1.165) is 24.7 Å². The first-order chi connectivity index (χ1) is 6.93. The molecule has 3 nitrogen and oxygen atoms in total. The van der Waals surface area contributed by atoms with Crippen molar-refractivity contribution in [1.82, 2.24) is 9.55 Å². The van der Waals surface area contributed by atoms with Gasteiger partial charge >= 0.3 is 0 Å². The molecule has 0 saturated heterocycles. The fourth-order valence-corrected chi connectivity index (χ4v) is 2.40. The van der Waals surface area contributed by atoms with Gasteiger partial charge in [0.25, 0.3) is 0 Å². The van der Waals surface area contributed by atoms with Crippen molar-refractivity contribution in [1.29, 1.82) is 0 Å². The third-order valence-corrected chi connectivity index (χ3v) is 3.30. The van der Waals surface area contributed by atoms with Crippen LogP contribution in [-0.4, -0.2) is 16.1 Å². The lowest BCUT2D eigenvalue weighted by atomic mass is 10.3. The lowest BCUT2D eigenvalue weighted by Crippen LogP contribution is -2.16. The Morgan fingerprint density at radius 2 is 2.50 bits per heavy atom. The van der Waals surface area contributed by atoms with E-state index in [4.69, 9.17) is 0 Å². The van der Waals surface area contributed by atoms with E-state index in [2.05, 4.69) is 38.6 Å². The van der Waals surface area contributed by atoms with E-state index >= 15 is 0 Å². The SMILES string of the molecule is c1csc(-c2cn3c(n2)NCCC3)c1. The Morgan fingerprint density at radius 3 is 3.29 bits per heavy atom. The number of anilines is 1. The van der Waals surface area contributed by atoms with Crippen LogP contribution in [0.25, 0.3) is 10.6 Å². The van der Waals surface area contributed by atoms with Crippen LogP contribution in [0.2, 0.25) is 0 Å². The summed E-state index contributed by atoms with van der Waals surface area (Å²) in [6.07, 6.45) is 3.32. The molecule has 2 aromatic rings. The van der Waals surface area contributed by atoms with Gasteiger partial charge in [-0.1, -0.05) is 6.07 Å². The number of thiophene rings is 1. The molecular weight excluding hydrogens is 194 g/mol. The monoisotopic (exact) mass is 205 g/mol. The summed E-state index contributed by atoms with van der Waals surface area (Å²) < 4.78 is 2.19. The van der Waals surface area contributed by atoms with Crippen LogP contribution in [0.1, 0.15) is 6.42 Å². The molecule has 2 aromatic heterocycles. The van der Waals surface area contributed by atoms with Crippen LogP contribution in [-0.2, 0) is 6.54 Å². The van der Waals surface area contributed by atoms with Crippen LogP contribution in [0.15, 0.2) is 23.7 Å². The Morgan fingerprint density at radius 1 is 1.50 bits per heavy atom. The molecule has 0 aromatic carbocycles. The summed E-state index contributed by atoms with van der Waals surface area (Å²) in [7, 11) is 0. The molecule has 0 radical (unpaired) electrons. The second-order valence-corrected chi connectivity index (χ2v) is 4.35. The minimum Gasteiger partial charge on any atom is -0.356 e. The smallest absolute Gasteiger partial charge is 0.203 e. The first-order valence-corrected chi connectivity index (χ1v) is 5.66. The Balaban J connectivity index is 2.04. The third-order valence-electron chi connectivity index (χ3n) is 2.41. The minimum absolute atomic E-state index is 1.01. The Hall–Kier alpha value is -1.29. The highest BCUT2D eigenvalue weighted by atomic mass is 32.1. The molecule has 0 saturated carbocycles. The van der Waals surface area contributed by atoms with E-state index in [9.17, 15) is 0 Å². The van der Waals surface area contributed by atoms with Crippen LogP contribution in [0, 0.1) is 0 Å². The number of rotatable bonds is 1. The highest BCUT2D eigenvalue weighted by Gasteiger charge is 2.12. The van der Waals surface area contributed by atoms with E-state index in [1.807, 2.05) is 0 Å². The summed E-state index contributed by atoms with van der Waals surface area (Å²) in [4.78, 5) is 5.80. The zero-order chi connectivity index (χ0) is 9.38. The first kappa shape index (κ1) is 8.05. The number of nitrogens with one attached hydrogen (secondary N) is 1. The van der Waals surface area contributed by atoms with Crippen molar-refractivity contribution in [2.24, 2.45) is 0 Å². The molecule has 1 aliphatic rings. The summed E-state index contributed by atoms with van der Waals surface area (Å²) in [5.41, 5.74) is 1.09. The molecule has 3 heterocycles. The molecule has 3 rings (SSSR count). The molecule has 0 unspecified atom stereocenters. The second kappa shape index (κ2) is 3.13. The van der Waals surface area contributed by atoms with Crippen molar-refractivity contribution >= 4 is 17.3 Å². The maximum absolute atomic E-state index is 4.56. The molecular formula is C10H11N3S. The maximum Gasteiger partial charge on any atom is 0.203 e. The molecule has 0 amide bonds. The van der Waals surface area contributed by atoms with Crippen LogP contribution in [0.5, 0.6) is 0 Å². The average molecular weight is 205 g/mol. The molecule has 14 heavy (non-hydrogen) atoms. The van der Waals surface area contributed by atoms with Gasteiger partial charge < -0.3 is 9.88 Å². The van der Waals surface area contributed by atoms with E-state index in [1.54, 1.807) is 11.3 Å². The van der Waals surface area contributed by atoms with Crippen LogP contribution >= 0.6 is 11.3 Å². The van der Waals surface area contributed by atoms with E-state index in [-0.39, 0.29) is 0 Å². The fraction of sp³-hybridized carbons (Fsp3) is 0.300. The third kappa shape index (κ3) is 1.23. The average Bonchev–Trinajstić information content (AvgIpc) is 2.86. The predicted molar refractivity (Wildman–Crippen MR) is 58.6 cm³/mol. The summed E-state index contributed by atoms with van der Waals surface area (Å²) in [6.45, 7) is 2.13. The number of hydrogen-bond acceptors (Lipinski definition) is 3. The second-order valence-electron chi connectivity index (χ2n) is 3.40. The quantitative estimate of drug-likeness (QED) is 0.775. The summed E-state index contributed by atoms with van der Waals surface area (Å²) in [5, 5.41) is 5.39. The number of aryl methyl sites for hydroxylation is 1. The normalized spacial score (nSPS) is 14.9. The lowest BCUT2D eigenvalue weighted by molar-refractivity contribution is 0.627. The molecule has 1 N–H and O–H groups in total. The van der Waals surface area contributed by atoms with Gasteiger partial charge in [0.2, 0.25) is 5.95 Å². The maximum atomic E-state index is 4.56. The van der Waals surface area contributed by atoms with Crippen molar-refractivity contribution in [3.63, 3.8) is 0 Å². The molecule has 1 aliphatic heterocycles. The van der Waals surface area contributed by atoms with Gasteiger partial charge in [0.1, 0.15) is 5.69 Å². The molecule has 4 heteroatoms. The number of imidazole rings is 1. The van der Waals surface area contributed by atoms with Gasteiger partial charge in [-0.2, -0.15) is 0 Å². The lowest BCUT2D eigenvalue weighted by Gasteiger charge is -2.14. The largest absolute Gasteiger partial charge is 0.356 e. The summed E-state index contributed by atoms with van der Waals surface area (Å²) in [5.74, 6) is 1.01. The topological polar surface area (TPSA) is 29.9 Å². The van der Waals surface area contributed by atoms with Crippen molar-refractivity contribution < 1.29 is 0 Å². The molecule has 0 aliphatic carbocycles. The Kier molecular flexibility index (Phi) is 1.80. The highest BCUT2D eigenvalue weighted by Crippen LogP contribution is 2.26. The number of aromatic nitrogens is 2. The van der Waals surface area contributed by atoms with Gasteiger partial charge in [-0.25, -0.2) is 4.98 Å². The Labute approximate surface area is 86.4 Å². The molecule has 0 spiro atoms. The van der Waals surface area contributed by atoms with E-state index in [1.165, 1.54) is 11.3 Å². The number of nitrogens with zero attached hydrogens (tertiary/aromatic N) is 2. The highest BCUT2D eigenvalue weighted by molar-refractivity contribution is 7.13. The van der Waals surface area contributed by atoms with E-state index in [0.29, 0.717) is 0 Å². The van der Waals surface area contributed by atoms with Crippen molar-refractivity contribution in [2.45, 2.75) is 13.0 Å². The number of hydrogen-bond donors (Lipinski definition) is 1. The van der Waals surface area contributed by atoms with Gasteiger partial charge in [-0.3, -0.25) is 0 Å². The van der Waals surface area contributed by atoms with Gasteiger partial charge in [0.05, 0.1) is 4.88 Å². The van der Waals surface area contributed by atoms with Gasteiger partial charge in [-0.15, -0.1) is 11.3 Å². The first-order valence-electron chi connectivity index (χ1n) is 4.78. The van der Waals surface area contributed by atoms with Crippen molar-refractivity contribution in [3.05, 3.63) is 23.7 Å². The zero-order valence-corrected chi connectivity index (χ0v) is 8.55. The summed E-state index contributed by atoms with van der Waals surface area (Å²) in [6, 6.07) is 4.17. The number of fused-ring (bicyclic) bond motifs is 1. The molecule has 0 bridgehead atoms. The standard InChI is InChI=1S/C10H11N3S/c1-3-9(14-6-1)8-7-13-5-2-4-11-10(13)12-8/h1,3,6-7H,2,4-5H2,(H,11,12). The molecule has 0 atom stereocenters. The molecule has 72 valence electrons.